The molecule has 3 heteroatoms. The molecule has 1 N–H and O–H groups in total. The zero-order valence-corrected chi connectivity index (χ0v) is 11.0. The van der Waals surface area contributed by atoms with Gasteiger partial charge in [0.05, 0.1) is 6.61 Å². The van der Waals surface area contributed by atoms with Gasteiger partial charge in [0, 0.05) is 10.9 Å². The van der Waals surface area contributed by atoms with Crippen LogP contribution in [0.2, 0.25) is 5.02 Å². The highest BCUT2D eigenvalue weighted by Crippen LogP contribution is 2.35. The highest BCUT2D eigenvalue weighted by Gasteiger charge is 2.27. The zero-order chi connectivity index (χ0) is 12.3. The van der Waals surface area contributed by atoms with Crippen LogP contribution in [-0.4, -0.2) is 36.8 Å². The predicted octanol–water partition coefficient (Wildman–Crippen LogP) is 2.76. The fraction of sp³-hybridized carbons (Fsp3) is 0.571. The summed E-state index contributed by atoms with van der Waals surface area (Å²) in [6, 6.07) is 7.89. The Hall–Kier alpha value is -0.570. The first kappa shape index (κ1) is 12.9. The van der Waals surface area contributed by atoms with E-state index in [2.05, 4.69) is 11.9 Å². The lowest BCUT2D eigenvalue weighted by Gasteiger charge is -2.34. The number of hydrogen-bond acceptors (Lipinski definition) is 2. The molecule has 0 saturated carbocycles. The SMILES string of the molecule is CN1CCC(C(CO)c2ccccc2Cl)CC1. The molecule has 17 heavy (non-hydrogen) atoms. The van der Waals surface area contributed by atoms with E-state index in [4.69, 9.17) is 11.6 Å². The topological polar surface area (TPSA) is 23.5 Å². The smallest absolute Gasteiger partial charge is 0.0502 e. The van der Waals surface area contributed by atoms with Crippen molar-refractivity contribution in [3.05, 3.63) is 34.9 Å². The molecule has 0 radical (unpaired) electrons. The minimum Gasteiger partial charge on any atom is -0.396 e. The fourth-order valence-corrected chi connectivity index (χ4v) is 2.98. The highest BCUT2D eigenvalue weighted by atomic mass is 35.5. The average Bonchev–Trinajstić information content (AvgIpc) is 2.35. The van der Waals surface area contributed by atoms with Crippen LogP contribution < -0.4 is 0 Å². The Morgan fingerprint density at radius 1 is 1.35 bits per heavy atom. The molecule has 2 rings (SSSR count). The van der Waals surface area contributed by atoms with Gasteiger partial charge >= 0.3 is 0 Å². The summed E-state index contributed by atoms with van der Waals surface area (Å²) in [7, 11) is 2.15. The van der Waals surface area contributed by atoms with Gasteiger partial charge in [-0.25, -0.2) is 0 Å². The maximum absolute atomic E-state index is 9.65. The molecule has 1 heterocycles. The van der Waals surface area contributed by atoms with Crippen molar-refractivity contribution < 1.29 is 5.11 Å². The van der Waals surface area contributed by atoms with E-state index in [1.165, 1.54) is 0 Å². The largest absolute Gasteiger partial charge is 0.396 e. The molecule has 0 aliphatic carbocycles. The normalized spacial score (nSPS) is 20.4. The van der Waals surface area contributed by atoms with Crippen molar-refractivity contribution in [1.29, 1.82) is 0 Å². The van der Waals surface area contributed by atoms with Gasteiger partial charge in [0.2, 0.25) is 0 Å². The number of aliphatic hydroxyl groups is 1. The predicted molar refractivity (Wildman–Crippen MR) is 71.5 cm³/mol. The van der Waals surface area contributed by atoms with E-state index < -0.39 is 0 Å². The zero-order valence-electron chi connectivity index (χ0n) is 10.3. The Morgan fingerprint density at radius 2 is 2.00 bits per heavy atom. The second-order valence-electron chi connectivity index (χ2n) is 4.95. The van der Waals surface area contributed by atoms with Crippen LogP contribution >= 0.6 is 11.6 Å². The van der Waals surface area contributed by atoms with Crippen LogP contribution in [0, 0.1) is 5.92 Å². The lowest BCUT2D eigenvalue weighted by molar-refractivity contribution is 0.156. The third-order valence-electron chi connectivity index (χ3n) is 3.83. The molecule has 1 unspecified atom stereocenters. The molecule has 0 bridgehead atoms. The number of hydrogen-bond donors (Lipinski definition) is 1. The quantitative estimate of drug-likeness (QED) is 0.896. The molecule has 1 aliphatic heterocycles. The maximum Gasteiger partial charge on any atom is 0.0502 e. The van der Waals surface area contributed by atoms with E-state index in [1.54, 1.807) is 0 Å². The van der Waals surface area contributed by atoms with Crippen molar-refractivity contribution in [3.8, 4) is 0 Å². The van der Waals surface area contributed by atoms with Gasteiger partial charge in [0.15, 0.2) is 0 Å². The van der Waals surface area contributed by atoms with E-state index in [0.717, 1.165) is 36.5 Å². The number of aliphatic hydroxyl groups excluding tert-OH is 1. The minimum absolute atomic E-state index is 0.192. The summed E-state index contributed by atoms with van der Waals surface area (Å²) in [6.07, 6.45) is 2.29. The molecule has 1 aromatic carbocycles. The number of benzene rings is 1. The maximum atomic E-state index is 9.65. The third kappa shape index (κ3) is 3.01. The van der Waals surface area contributed by atoms with Gasteiger partial charge in [-0.15, -0.1) is 0 Å². The van der Waals surface area contributed by atoms with Crippen LogP contribution in [-0.2, 0) is 0 Å². The van der Waals surface area contributed by atoms with Gasteiger partial charge < -0.3 is 10.0 Å². The number of likely N-dealkylation sites (tertiary alicyclic amines) is 1. The molecule has 1 aromatic rings. The molecule has 1 saturated heterocycles. The summed E-state index contributed by atoms with van der Waals surface area (Å²) < 4.78 is 0. The molecule has 0 spiro atoms. The third-order valence-corrected chi connectivity index (χ3v) is 4.18. The van der Waals surface area contributed by atoms with Gasteiger partial charge in [-0.2, -0.15) is 0 Å². The molecular formula is C14H20ClNO. The Bertz CT molecular complexity index is 361. The van der Waals surface area contributed by atoms with Crippen LogP contribution in [0.5, 0.6) is 0 Å². The average molecular weight is 254 g/mol. The van der Waals surface area contributed by atoms with Crippen molar-refractivity contribution in [3.63, 3.8) is 0 Å². The lowest BCUT2D eigenvalue weighted by atomic mass is 9.80. The van der Waals surface area contributed by atoms with E-state index >= 15 is 0 Å². The molecular weight excluding hydrogens is 234 g/mol. The van der Waals surface area contributed by atoms with E-state index in [-0.39, 0.29) is 12.5 Å². The Kier molecular flexibility index (Phi) is 4.43. The van der Waals surface area contributed by atoms with Crippen molar-refractivity contribution in [2.75, 3.05) is 26.7 Å². The monoisotopic (exact) mass is 253 g/mol. The van der Waals surface area contributed by atoms with Gasteiger partial charge in [-0.05, 0) is 50.5 Å². The molecule has 1 fully saturated rings. The van der Waals surface area contributed by atoms with Crippen LogP contribution in [0.4, 0.5) is 0 Å². The van der Waals surface area contributed by atoms with E-state index in [0.29, 0.717) is 5.92 Å². The number of rotatable bonds is 3. The van der Waals surface area contributed by atoms with Crippen LogP contribution in [0.3, 0.4) is 0 Å². The standard InChI is InChI=1S/C14H20ClNO/c1-16-8-6-11(7-9-16)13(10-17)12-4-2-3-5-14(12)15/h2-5,11,13,17H,6-10H2,1H3. The first-order valence-corrected chi connectivity index (χ1v) is 6.64. The Labute approximate surface area is 108 Å². The molecule has 1 atom stereocenters. The Morgan fingerprint density at radius 3 is 2.59 bits per heavy atom. The fourth-order valence-electron chi connectivity index (χ4n) is 2.71. The summed E-state index contributed by atoms with van der Waals surface area (Å²) >= 11 is 6.22. The number of halogens is 1. The van der Waals surface area contributed by atoms with Gasteiger partial charge in [-0.1, -0.05) is 29.8 Å². The lowest BCUT2D eigenvalue weighted by Crippen LogP contribution is -2.33. The minimum atomic E-state index is 0.192. The molecule has 94 valence electrons. The summed E-state index contributed by atoms with van der Waals surface area (Å²) in [4.78, 5) is 2.34. The van der Waals surface area contributed by atoms with E-state index in [9.17, 15) is 5.11 Å². The van der Waals surface area contributed by atoms with Crippen molar-refractivity contribution >= 4 is 11.6 Å². The van der Waals surface area contributed by atoms with Crippen LogP contribution in [0.15, 0.2) is 24.3 Å². The molecule has 1 aliphatic rings. The molecule has 0 amide bonds. The van der Waals surface area contributed by atoms with Gasteiger partial charge in [0.1, 0.15) is 0 Å². The summed E-state index contributed by atoms with van der Waals surface area (Å²) in [6.45, 7) is 2.43. The molecule has 2 nitrogen and oxygen atoms in total. The van der Waals surface area contributed by atoms with Crippen molar-refractivity contribution in [2.45, 2.75) is 18.8 Å². The van der Waals surface area contributed by atoms with Crippen molar-refractivity contribution in [1.82, 2.24) is 4.90 Å². The van der Waals surface area contributed by atoms with Crippen LogP contribution in [0.25, 0.3) is 0 Å². The van der Waals surface area contributed by atoms with Gasteiger partial charge in [-0.3, -0.25) is 0 Å². The van der Waals surface area contributed by atoms with Crippen LogP contribution in [0.1, 0.15) is 24.3 Å². The summed E-state index contributed by atoms with van der Waals surface area (Å²) in [5.41, 5.74) is 1.10. The summed E-state index contributed by atoms with van der Waals surface area (Å²) in [5.74, 6) is 0.744. The molecule has 0 aromatic heterocycles. The summed E-state index contributed by atoms with van der Waals surface area (Å²) in [5, 5.41) is 10.4. The first-order chi connectivity index (χ1) is 8.22. The number of nitrogens with zero attached hydrogens (tertiary/aromatic N) is 1. The Balaban J connectivity index is 2.14. The second-order valence-corrected chi connectivity index (χ2v) is 5.36. The number of piperidine rings is 1. The second kappa shape index (κ2) is 5.85. The first-order valence-electron chi connectivity index (χ1n) is 6.26. The highest BCUT2D eigenvalue weighted by molar-refractivity contribution is 6.31. The van der Waals surface area contributed by atoms with E-state index in [1.807, 2.05) is 24.3 Å². The van der Waals surface area contributed by atoms with Gasteiger partial charge in [0.25, 0.3) is 0 Å². The van der Waals surface area contributed by atoms with Crippen molar-refractivity contribution in [2.24, 2.45) is 5.92 Å².